The summed E-state index contributed by atoms with van der Waals surface area (Å²) >= 11 is 0. The summed E-state index contributed by atoms with van der Waals surface area (Å²) in [4.78, 5) is 11.4. The van der Waals surface area contributed by atoms with E-state index in [1.807, 2.05) is 0 Å². The van der Waals surface area contributed by atoms with Crippen LogP contribution in [-0.2, 0) is 14.3 Å². The van der Waals surface area contributed by atoms with Crippen molar-refractivity contribution in [1.29, 1.82) is 0 Å². The maximum atomic E-state index is 11.4. The van der Waals surface area contributed by atoms with Crippen LogP contribution in [0.4, 0.5) is 0 Å². The van der Waals surface area contributed by atoms with E-state index in [-0.39, 0.29) is 12.1 Å². The van der Waals surface area contributed by atoms with Crippen LogP contribution < -0.4 is 0 Å². The topological polar surface area (TPSA) is 38.8 Å². The lowest BCUT2D eigenvalue weighted by Crippen LogP contribution is -2.09. The molecule has 3 heteroatoms. The third kappa shape index (κ3) is 14.5. The number of rotatable bonds is 16. The van der Waals surface area contributed by atoms with Crippen molar-refractivity contribution in [1.82, 2.24) is 0 Å². The third-order valence-corrected chi connectivity index (χ3v) is 4.23. The third-order valence-electron chi connectivity index (χ3n) is 4.23. The van der Waals surface area contributed by atoms with E-state index >= 15 is 0 Å². The molecule has 0 aromatic carbocycles. The van der Waals surface area contributed by atoms with Crippen LogP contribution >= 0.6 is 0 Å². The van der Waals surface area contributed by atoms with E-state index in [4.69, 9.17) is 9.47 Å². The van der Waals surface area contributed by atoms with E-state index in [1.165, 1.54) is 64.2 Å². The van der Waals surface area contributed by atoms with E-state index < -0.39 is 0 Å². The minimum Gasteiger partial charge on any atom is -0.463 e. The molecule has 1 aliphatic rings. The van der Waals surface area contributed by atoms with Crippen LogP contribution in [0.1, 0.15) is 90.4 Å². The lowest BCUT2D eigenvalue weighted by molar-refractivity contribution is -0.144. The van der Waals surface area contributed by atoms with Gasteiger partial charge >= 0.3 is 5.97 Å². The lowest BCUT2D eigenvalue weighted by Gasteiger charge is -2.02. The normalized spacial score (nSPS) is 16.8. The molecule has 0 aromatic heterocycles. The molecule has 0 N–H and O–H groups in total. The van der Waals surface area contributed by atoms with Crippen LogP contribution in [0.15, 0.2) is 12.2 Å². The lowest BCUT2D eigenvalue weighted by atomic mass is 10.1. The van der Waals surface area contributed by atoms with Gasteiger partial charge in [-0.2, -0.15) is 0 Å². The van der Waals surface area contributed by atoms with Crippen molar-refractivity contribution in [3.05, 3.63) is 12.2 Å². The largest absolute Gasteiger partial charge is 0.463 e. The van der Waals surface area contributed by atoms with Gasteiger partial charge in [0.1, 0.15) is 12.7 Å². The standard InChI is InChI=1S/C20H36O3/c1-2-3-4-5-6-7-8-9-10-11-12-13-14-15-16-20(21)23-18-19-17-22-19/h8-9,19H,2-7,10-18H2,1H3/b9-8-. The molecule has 0 bridgehead atoms. The van der Waals surface area contributed by atoms with Gasteiger partial charge in [0.2, 0.25) is 0 Å². The van der Waals surface area contributed by atoms with Crippen LogP contribution in [0.25, 0.3) is 0 Å². The SMILES string of the molecule is CCCCCCC/C=C\CCCCCCCC(=O)OCC1CO1. The average molecular weight is 325 g/mol. The van der Waals surface area contributed by atoms with Gasteiger partial charge in [-0.25, -0.2) is 0 Å². The average Bonchev–Trinajstić information content (AvgIpc) is 3.37. The van der Waals surface area contributed by atoms with Crippen molar-refractivity contribution in [2.24, 2.45) is 0 Å². The highest BCUT2D eigenvalue weighted by Crippen LogP contribution is 2.11. The molecule has 1 rings (SSSR count). The van der Waals surface area contributed by atoms with Crippen LogP contribution in [-0.4, -0.2) is 25.3 Å². The predicted molar refractivity (Wildman–Crippen MR) is 95.5 cm³/mol. The molecule has 0 saturated carbocycles. The molecule has 3 nitrogen and oxygen atoms in total. The molecular weight excluding hydrogens is 288 g/mol. The first-order chi connectivity index (χ1) is 11.3. The Morgan fingerprint density at radius 1 is 0.957 bits per heavy atom. The first-order valence-corrected chi connectivity index (χ1v) is 9.75. The number of epoxide rings is 1. The molecular formula is C20H36O3. The minimum atomic E-state index is -0.0672. The summed E-state index contributed by atoms with van der Waals surface area (Å²) in [6, 6.07) is 0. The van der Waals surface area contributed by atoms with Crippen LogP contribution in [0.5, 0.6) is 0 Å². The van der Waals surface area contributed by atoms with E-state index in [2.05, 4.69) is 19.1 Å². The summed E-state index contributed by atoms with van der Waals surface area (Å²) in [6.45, 7) is 3.46. The van der Waals surface area contributed by atoms with Crippen molar-refractivity contribution in [2.45, 2.75) is 96.5 Å². The monoisotopic (exact) mass is 324 g/mol. The fourth-order valence-corrected chi connectivity index (χ4v) is 2.59. The molecule has 134 valence electrons. The molecule has 23 heavy (non-hydrogen) atoms. The Bertz CT molecular complexity index is 308. The fraction of sp³-hybridized carbons (Fsp3) is 0.850. The molecule has 1 heterocycles. The molecule has 1 saturated heterocycles. The van der Waals surface area contributed by atoms with Crippen molar-refractivity contribution in [3.8, 4) is 0 Å². The van der Waals surface area contributed by atoms with Gasteiger partial charge in [0.15, 0.2) is 0 Å². The highest BCUT2D eigenvalue weighted by molar-refractivity contribution is 5.69. The fourth-order valence-electron chi connectivity index (χ4n) is 2.59. The van der Waals surface area contributed by atoms with E-state index in [0.717, 1.165) is 19.4 Å². The molecule has 0 amide bonds. The van der Waals surface area contributed by atoms with Gasteiger partial charge in [-0.1, -0.05) is 64.0 Å². The summed E-state index contributed by atoms with van der Waals surface area (Å²) in [6.07, 6.45) is 20.6. The van der Waals surface area contributed by atoms with E-state index in [1.54, 1.807) is 0 Å². The number of unbranched alkanes of at least 4 members (excludes halogenated alkanes) is 10. The van der Waals surface area contributed by atoms with Crippen LogP contribution in [0, 0.1) is 0 Å². The first kappa shape index (κ1) is 20.2. The van der Waals surface area contributed by atoms with Crippen molar-refractivity contribution < 1.29 is 14.3 Å². The van der Waals surface area contributed by atoms with Gasteiger partial charge in [-0.3, -0.25) is 4.79 Å². The number of carbonyl (C=O) groups excluding carboxylic acids is 1. The Hall–Kier alpha value is -0.830. The van der Waals surface area contributed by atoms with E-state index in [9.17, 15) is 4.79 Å². The number of esters is 1. The van der Waals surface area contributed by atoms with Crippen molar-refractivity contribution in [3.63, 3.8) is 0 Å². The summed E-state index contributed by atoms with van der Waals surface area (Å²) < 4.78 is 10.1. The number of allylic oxidation sites excluding steroid dienone is 2. The Morgan fingerprint density at radius 3 is 2.13 bits per heavy atom. The highest BCUT2D eigenvalue weighted by atomic mass is 16.6. The van der Waals surface area contributed by atoms with Crippen molar-refractivity contribution >= 4 is 5.97 Å². The Balaban J connectivity index is 1.72. The first-order valence-electron chi connectivity index (χ1n) is 9.75. The predicted octanol–water partition coefficient (Wildman–Crippen LogP) is 5.58. The minimum absolute atomic E-state index is 0.0672. The maximum Gasteiger partial charge on any atom is 0.305 e. The quantitative estimate of drug-likeness (QED) is 0.161. The van der Waals surface area contributed by atoms with Gasteiger partial charge in [0, 0.05) is 6.42 Å². The summed E-state index contributed by atoms with van der Waals surface area (Å²) in [5.41, 5.74) is 0. The molecule has 0 spiro atoms. The molecule has 1 atom stereocenters. The van der Waals surface area contributed by atoms with Crippen LogP contribution in [0.3, 0.4) is 0 Å². The summed E-state index contributed by atoms with van der Waals surface area (Å²) in [7, 11) is 0. The van der Waals surface area contributed by atoms with Gasteiger partial charge in [-0.05, 0) is 32.1 Å². The highest BCUT2D eigenvalue weighted by Gasteiger charge is 2.23. The zero-order valence-electron chi connectivity index (χ0n) is 15.1. The molecule has 0 aliphatic carbocycles. The van der Waals surface area contributed by atoms with Gasteiger partial charge in [0.05, 0.1) is 6.61 Å². The molecule has 0 radical (unpaired) electrons. The zero-order chi connectivity index (χ0) is 16.6. The second-order valence-electron chi connectivity index (χ2n) is 6.62. The number of hydrogen-bond acceptors (Lipinski definition) is 3. The van der Waals surface area contributed by atoms with Crippen molar-refractivity contribution in [2.75, 3.05) is 13.2 Å². The molecule has 1 fully saturated rings. The summed E-state index contributed by atoms with van der Waals surface area (Å²) in [5, 5.41) is 0. The van der Waals surface area contributed by atoms with Gasteiger partial charge in [0.25, 0.3) is 0 Å². The smallest absolute Gasteiger partial charge is 0.305 e. The number of ether oxygens (including phenoxy) is 2. The number of hydrogen-bond donors (Lipinski definition) is 0. The molecule has 0 aromatic rings. The van der Waals surface area contributed by atoms with Crippen LogP contribution in [0.2, 0.25) is 0 Å². The second-order valence-corrected chi connectivity index (χ2v) is 6.62. The molecule has 1 aliphatic heterocycles. The zero-order valence-corrected chi connectivity index (χ0v) is 15.1. The molecule has 1 unspecified atom stereocenters. The van der Waals surface area contributed by atoms with Gasteiger partial charge < -0.3 is 9.47 Å². The maximum absolute atomic E-state index is 11.4. The Morgan fingerprint density at radius 2 is 1.52 bits per heavy atom. The van der Waals surface area contributed by atoms with E-state index in [0.29, 0.717) is 13.0 Å². The Labute approximate surface area is 142 Å². The number of carbonyl (C=O) groups is 1. The van der Waals surface area contributed by atoms with Gasteiger partial charge in [-0.15, -0.1) is 0 Å². The Kier molecular flexibility index (Phi) is 13.0. The summed E-state index contributed by atoms with van der Waals surface area (Å²) in [5.74, 6) is -0.0672. The second kappa shape index (κ2) is 14.7.